The minimum absolute atomic E-state index is 0. The van der Waals surface area contributed by atoms with Gasteiger partial charge < -0.3 is 5.48 Å². The molecule has 0 aromatic carbocycles. The summed E-state index contributed by atoms with van der Waals surface area (Å²) in [6, 6.07) is 0. The first kappa shape index (κ1) is 29.3. The van der Waals surface area contributed by atoms with E-state index < -0.39 is 0 Å². The Balaban J connectivity index is -0.00000000167. The summed E-state index contributed by atoms with van der Waals surface area (Å²) in [5, 5.41) is 0. The van der Waals surface area contributed by atoms with E-state index in [0.717, 1.165) is 0 Å². The summed E-state index contributed by atoms with van der Waals surface area (Å²) in [6.45, 7) is 0. The van der Waals surface area contributed by atoms with Crippen LogP contribution in [0.2, 0.25) is 0 Å². The van der Waals surface area contributed by atoms with E-state index in [2.05, 4.69) is 0 Å². The fraction of sp³-hybridized carbons (Fsp3) is 0. The van der Waals surface area contributed by atoms with Gasteiger partial charge >= 0.3 is 26.8 Å². The SMILES string of the molecule is O.[Cu].[Cu].[OH][SbH2]. The summed E-state index contributed by atoms with van der Waals surface area (Å²) in [4.78, 5) is 0. The molecule has 5 heteroatoms. The summed E-state index contributed by atoms with van der Waals surface area (Å²) in [7, 11) is 0. The van der Waals surface area contributed by atoms with Gasteiger partial charge in [0.05, 0.1) is 0 Å². The van der Waals surface area contributed by atoms with Gasteiger partial charge in [0.25, 0.3) is 0 Å². The van der Waals surface area contributed by atoms with Crippen LogP contribution in [0.1, 0.15) is 0 Å². The quantitative estimate of drug-likeness (QED) is 0.500. The van der Waals surface area contributed by atoms with Crippen molar-refractivity contribution in [1.29, 1.82) is 0 Å². The molecule has 0 saturated heterocycles. The average Bonchev–Trinajstić information content (AvgIpc) is 1.00. The molecule has 0 atom stereocenters. The molecule has 3 N–H and O–H groups in total. The van der Waals surface area contributed by atoms with E-state index in [1.165, 1.54) is 0 Å². The Hall–Kier alpha value is 1.78. The number of rotatable bonds is 0. The normalized spacial score (nSPS) is 1.20. The Morgan fingerprint density at radius 3 is 1.00 bits per heavy atom. The molecule has 0 unspecified atom stereocenters. The molecule has 5 heavy (non-hydrogen) atoms. The molecule has 0 aliphatic heterocycles. The fourth-order valence-electron chi connectivity index (χ4n) is 0. The van der Waals surface area contributed by atoms with Crippen molar-refractivity contribution in [3.8, 4) is 0 Å². The van der Waals surface area contributed by atoms with Crippen LogP contribution in [0.4, 0.5) is 0 Å². The molecule has 0 bridgehead atoms. The maximum atomic E-state index is 7.13. The van der Waals surface area contributed by atoms with Crippen LogP contribution >= 0.6 is 0 Å². The second kappa shape index (κ2) is 41.7. The molecule has 0 saturated carbocycles. The maximum absolute atomic E-state index is 7.13. The summed E-state index contributed by atoms with van der Waals surface area (Å²) >= 11 is 0.350. The molecule has 0 aliphatic carbocycles. The van der Waals surface area contributed by atoms with Gasteiger partial charge in [-0.25, -0.2) is 0 Å². The van der Waals surface area contributed by atoms with Crippen molar-refractivity contribution >= 4 is 23.4 Å². The first-order valence-electron chi connectivity index (χ1n) is 0.258. The van der Waals surface area contributed by atoms with Gasteiger partial charge in [-0.15, -0.1) is 0 Å². The molecular weight excluding hydrogens is 281 g/mol. The van der Waals surface area contributed by atoms with Crippen LogP contribution in [0.15, 0.2) is 0 Å². The van der Waals surface area contributed by atoms with Crippen molar-refractivity contribution in [1.82, 2.24) is 0 Å². The molecule has 0 aromatic heterocycles. The van der Waals surface area contributed by atoms with Crippen LogP contribution in [0.25, 0.3) is 0 Å². The van der Waals surface area contributed by atoms with Crippen LogP contribution in [0, 0.1) is 0 Å². The van der Waals surface area contributed by atoms with E-state index in [9.17, 15) is 0 Å². The Kier molecular flexibility index (Phi) is 245. The van der Waals surface area contributed by atoms with Gasteiger partial charge in [0.2, 0.25) is 0 Å². The number of hydrogen-bond acceptors (Lipinski definition) is 1. The van der Waals surface area contributed by atoms with E-state index in [1.807, 2.05) is 0 Å². The Labute approximate surface area is 66.0 Å². The molecule has 0 amide bonds. The van der Waals surface area contributed by atoms with Gasteiger partial charge in [-0.05, 0) is 0 Å². The van der Waals surface area contributed by atoms with Crippen molar-refractivity contribution in [3.63, 3.8) is 0 Å². The molecule has 0 aliphatic rings. The zero-order chi connectivity index (χ0) is 2.00. The molecule has 2 nitrogen and oxygen atoms in total. The van der Waals surface area contributed by atoms with E-state index in [1.54, 1.807) is 0 Å². The van der Waals surface area contributed by atoms with E-state index in [4.69, 9.17) is 3.39 Å². The van der Waals surface area contributed by atoms with Crippen molar-refractivity contribution < 1.29 is 43.0 Å². The first-order valence-corrected chi connectivity index (χ1v) is 1.73. The fourth-order valence-corrected chi connectivity index (χ4v) is 0. The summed E-state index contributed by atoms with van der Waals surface area (Å²) in [5.74, 6) is 0. The second-order valence-corrected chi connectivity index (χ2v) is 0. The van der Waals surface area contributed by atoms with Crippen LogP contribution in [0.5, 0.6) is 0 Å². The molecule has 0 heterocycles. The molecule has 0 aromatic rings. The third kappa shape index (κ3) is 26.1. The molecule has 2 radical (unpaired) electrons. The van der Waals surface area contributed by atoms with Gasteiger partial charge in [-0.2, -0.15) is 0 Å². The van der Waals surface area contributed by atoms with Crippen molar-refractivity contribution in [3.05, 3.63) is 0 Å². The topological polar surface area (TPSA) is 51.7 Å². The van der Waals surface area contributed by atoms with Crippen molar-refractivity contribution in [2.75, 3.05) is 0 Å². The van der Waals surface area contributed by atoms with Gasteiger partial charge in [0.1, 0.15) is 0 Å². The summed E-state index contributed by atoms with van der Waals surface area (Å²) in [6.07, 6.45) is 0. The molecule has 44 valence electrons. The molecular formula is H5Cu2O2Sb. The zero-order valence-electron chi connectivity index (χ0n) is 2.13. The Bertz CT molecular complexity index is 7.61. The van der Waals surface area contributed by atoms with Gasteiger partial charge in [-0.3, -0.25) is 0 Å². The van der Waals surface area contributed by atoms with E-state index >= 15 is 0 Å². The minimum atomic E-state index is 0. The van der Waals surface area contributed by atoms with Gasteiger partial charge in [0.15, 0.2) is 0 Å². The van der Waals surface area contributed by atoms with Crippen LogP contribution in [-0.2, 0) is 34.1 Å². The standard InChI is InChI=1S/2Cu.2H2O.Sb.2H/h;;2*1H2;;;/q;;;;+1;;/p-1. The second-order valence-electron chi connectivity index (χ2n) is 0. The van der Waals surface area contributed by atoms with Crippen molar-refractivity contribution in [2.45, 2.75) is 0 Å². The Morgan fingerprint density at radius 1 is 1.00 bits per heavy atom. The van der Waals surface area contributed by atoms with E-state index in [0.29, 0.717) is 23.4 Å². The molecule has 0 spiro atoms. The number of hydrogen-bond donors (Lipinski definition) is 1. The third-order valence-electron chi connectivity index (χ3n) is 0. The monoisotopic (exact) mass is 284 g/mol. The Morgan fingerprint density at radius 2 is 1.00 bits per heavy atom. The van der Waals surface area contributed by atoms with Crippen LogP contribution in [0.3, 0.4) is 0 Å². The molecule has 0 rings (SSSR count). The third-order valence-corrected chi connectivity index (χ3v) is 0. The van der Waals surface area contributed by atoms with Crippen LogP contribution in [-0.4, -0.2) is 32.3 Å². The van der Waals surface area contributed by atoms with Gasteiger partial charge in [-0.1, -0.05) is 0 Å². The zero-order valence-corrected chi connectivity index (χ0v) is 7.31. The first-order chi connectivity index (χ1) is 1.00. The predicted molar refractivity (Wildman–Crippen MR) is 14.4 cm³/mol. The molecule has 0 fully saturated rings. The summed E-state index contributed by atoms with van der Waals surface area (Å²) in [5.41, 5.74) is 0. The van der Waals surface area contributed by atoms with E-state index in [-0.39, 0.29) is 39.6 Å². The van der Waals surface area contributed by atoms with Crippen LogP contribution < -0.4 is 0 Å². The summed E-state index contributed by atoms with van der Waals surface area (Å²) < 4.78 is 7.13. The van der Waals surface area contributed by atoms with Gasteiger partial charge in [0, 0.05) is 34.1 Å². The van der Waals surface area contributed by atoms with Crippen molar-refractivity contribution in [2.24, 2.45) is 0 Å². The average molecular weight is 286 g/mol. The predicted octanol–water partition coefficient (Wildman–Crippen LogP) is -2.30.